The van der Waals surface area contributed by atoms with Crippen LogP contribution in [0.15, 0.2) is 40.4 Å². The molecule has 0 aromatic heterocycles. The van der Waals surface area contributed by atoms with E-state index >= 15 is 0 Å². The molecule has 0 saturated carbocycles. The summed E-state index contributed by atoms with van der Waals surface area (Å²) in [5, 5.41) is 11.4. The molecule has 0 unspecified atom stereocenters. The lowest BCUT2D eigenvalue weighted by Crippen LogP contribution is -2.32. The number of amidine groups is 1. The Bertz CT molecular complexity index is 329. The van der Waals surface area contributed by atoms with Crippen molar-refractivity contribution in [1.29, 1.82) is 0 Å². The van der Waals surface area contributed by atoms with Gasteiger partial charge in [-0.25, -0.2) is 0 Å². The van der Waals surface area contributed by atoms with E-state index in [0.717, 1.165) is 12.3 Å². The summed E-state index contributed by atoms with van der Waals surface area (Å²) in [7, 11) is 1.95. The molecule has 0 amide bonds. The van der Waals surface area contributed by atoms with Crippen molar-refractivity contribution in [2.24, 2.45) is 10.9 Å². The summed E-state index contributed by atoms with van der Waals surface area (Å²) in [5.41, 5.74) is 5.41. The van der Waals surface area contributed by atoms with Crippen molar-refractivity contribution >= 4 is 17.6 Å². The SMILES string of the molecule is CN(CCSc1ccccc1)CC(N)=NO. The molecule has 0 heterocycles. The molecule has 0 radical (unpaired) electrons. The van der Waals surface area contributed by atoms with Crippen LogP contribution in [-0.4, -0.2) is 41.8 Å². The van der Waals surface area contributed by atoms with Crippen molar-refractivity contribution in [1.82, 2.24) is 4.90 Å². The molecule has 0 saturated heterocycles. The summed E-state index contributed by atoms with van der Waals surface area (Å²) in [4.78, 5) is 3.28. The molecule has 0 bridgehead atoms. The van der Waals surface area contributed by atoms with Gasteiger partial charge in [0.25, 0.3) is 0 Å². The zero-order valence-electron chi connectivity index (χ0n) is 9.34. The normalized spacial score (nSPS) is 12.0. The van der Waals surface area contributed by atoms with Gasteiger partial charge in [-0.2, -0.15) is 0 Å². The van der Waals surface area contributed by atoms with Gasteiger partial charge < -0.3 is 10.9 Å². The first kappa shape index (κ1) is 12.9. The summed E-state index contributed by atoms with van der Waals surface area (Å²) < 4.78 is 0. The van der Waals surface area contributed by atoms with Gasteiger partial charge in [-0.15, -0.1) is 11.8 Å². The molecule has 0 spiro atoms. The van der Waals surface area contributed by atoms with Crippen molar-refractivity contribution in [2.45, 2.75) is 4.90 Å². The van der Waals surface area contributed by atoms with Crippen LogP contribution >= 0.6 is 11.8 Å². The number of benzene rings is 1. The van der Waals surface area contributed by atoms with E-state index in [1.165, 1.54) is 4.90 Å². The topological polar surface area (TPSA) is 61.8 Å². The van der Waals surface area contributed by atoms with Crippen LogP contribution in [0.1, 0.15) is 0 Å². The van der Waals surface area contributed by atoms with Crippen LogP contribution in [0.4, 0.5) is 0 Å². The molecular formula is C11H17N3OS. The summed E-state index contributed by atoms with van der Waals surface area (Å²) >= 11 is 1.80. The minimum atomic E-state index is 0.243. The van der Waals surface area contributed by atoms with Crippen molar-refractivity contribution in [3.63, 3.8) is 0 Å². The van der Waals surface area contributed by atoms with Crippen molar-refractivity contribution < 1.29 is 5.21 Å². The van der Waals surface area contributed by atoms with E-state index in [4.69, 9.17) is 10.9 Å². The third kappa shape index (κ3) is 5.04. The Kier molecular flexibility index (Phi) is 5.74. The van der Waals surface area contributed by atoms with Gasteiger partial charge in [-0.1, -0.05) is 23.4 Å². The number of nitrogens with zero attached hydrogens (tertiary/aromatic N) is 2. The highest BCUT2D eigenvalue weighted by Crippen LogP contribution is 2.16. The molecule has 1 aromatic rings. The third-order valence-electron chi connectivity index (χ3n) is 2.05. The van der Waals surface area contributed by atoms with E-state index in [1.807, 2.05) is 30.1 Å². The summed E-state index contributed by atoms with van der Waals surface area (Å²) in [6.07, 6.45) is 0. The molecule has 5 heteroatoms. The molecule has 0 fully saturated rings. The van der Waals surface area contributed by atoms with Gasteiger partial charge in [0.15, 0.2) is 5.84 Å². The number of hydrogen-bond acceptors (Lipinski definition) is 4. The summed E-state index contributed by atoms with van der Waals surface area (Å²) in [5.74, 6) is 1.23. The number of likely N-dealkylation sites (N-methyl/N-ethyl adjacent to an activating group) is 1. The van der Waals surface area contributed by atoms with Gasteiger partial charge in [-0.3, -0.25) is 4.90 Å². The lowest BCUT2D eigenvalue weighted by molar-refractivity contribution is 0.311. The second-order valence-electron chi connectivity index (χ2n) is 3.49. The van der Waals surface area contributed by atoms with E-state index in [9.17, 15) is 0 Å². The fraction of sp³-hybridized carbons (Fsp3) is 0.364. The predicted octanol–water partition coefficient (Wildman–Crippen LogP) is 1.46. The van der Waals surface area contributed by atoms with Crippen LogP contribution in [0.25, 0.3) is 0 Å². The Labute approximate surface area is 100 Å². The largest absolute Gasteiger partial charge is 0.409 e. The lowest BCUT2D eigenvalue weighted by Gasteiger charge is -2.14. The summed E-state index contributed by atoms with van der Waals surface area (Å²) in [6.45, 7) is 1.39. The number of thioether (sulfide) groups is 1. The maximum absolute atomic E-state index is 8.42. The number of rotatable bonds is 6. The van der Waals surface area contributed by atoms with E-state index in [-0.39, 0.29) is 5.84 Å². The Balaban J connectivity index is 2.21. The Morgan fingerprint density at radius 3 is 2.75 bits per heavy atom. The minimum Gasteiger partial charge on any atom is -0.409 e. The van der Waals surface area contributed by atoms with Crippen molar-refractivity contribution in [3.05, 3.63) is 30.3 Å². The zero-order valence-corrected chi connectivity index (χ0v) is 10.2. The second kappa shape index (κ2) is 7.14. The van der Waals surface area contributed by atoms with Gasteiger partial charge in [0, 0.05) is 17.2 Å². The molecule has 0 aliphatic rings. The standard InChI is InChI=1S/C11H17N3OS/c1-14(9-11(12)13-15)7-8-16-10-5-3-2-4-6-10/h2-6,15H,7-9H2,1H3,(H2,12,13). The van der Waals surface area contributed by atoms with Crippen molar-refractivity contribution in [2.75, 3.05) is 25.9 Å². The Hall–Kier alpha value is -1.20. The minimum absolute atomic E-state index is 0.243. The van der Waals surface area contributed by atoms with Crippen LogP contribution in [0.3, 0.4) is 0 Å². The lowest BCUT2D eigenvalue weighted by atomic mass is 10.4. The molecule has 4 nitrogen and oxygen atoms in total. The highest BCUT2D eigenvalue weighted by Gasteiger charge is 2.01. The molecular weight excluding hydrogens is 222 g/mol. The molecule has 0 aliphatic carbocycles. The molecule has 16 heavy (non-hydrogen) atoms. The van der Waals surface area contributed by atoms with Crippen LogP contribution < -0.4 is 5.73 Å². The van der Waals surface area contributed by atoms with Crippen LogP contribution in [0, 0.1) is 0 Å². The maximum atomic E-state index is 8.42. The highest BCUT2D eigenvalue weighted by atomic mass is 32.2. The van der Waals surface area contributed by atoms with Crippen LogP contribution in [0.5, 0.6) is 0 Å². The average molecular weight is 239 g/mol. The third-order valence-corrected chi connectivity index (χ3v) is 3.04. The second-order valence-corrected chi connectivity index (χ2v) is 4.66. The first-order valence-electron chi connectivity index (χ1n) is 5.05. The molecule has 88 valence electrons. The Morgan fingerprint density at radius 1 is 1.44 bits per heavy atom. The first-order chi connectivity index (χ1) is 7.72. The van der Waals surface area contributed by atoms with Gasteiger partial charge in [0.1, 0.15) is 0 Å². The number of nitrogens with two attached hydrogens (primary N) is 1. The van der Waals surface area contributed by atoms with E-state index < -0.39 is 0 Å². The fourth-order valence-corrected chi connectivity index (χ4v) is 2.21. The van der Waals surface area contributed by atoms with Gasteiger partial charge >= 0.3 is 0 Å². The zero-order chi connectivity index (χ0) is 11.8. The molecule has 0 aliphatic heterocycles. The summed E-state index contributed by atoms with van der Waals surface area (Å²) in [6, 6.07) is 10.3. The number of hydrogen-bond donors (Lipinski definition) is 2. The molecule has 1 rings (SSSR count). The smallest absolute Gasteiger partial charge is 0.153 e. The fourth-order valence-electron chi connectivity index (χ4n) is 1.22. The van der Waals surface area contributed by atoms with Gasteiger partial charge in [-0.05, 0) is 19.2 Å². The van der Waals surface area contributed by atoms with E-state index in [2.05, 4.69) is 17.3 Å². The Morgan fingerprint density at radius 2 is 2.12 bits per heavy atom. The monoisotopic (exact) mass is 239 g/mol. The quantitative estimate of drug-likeness (QED) is 0.259. The molecule has 1 aromatic carbocycles. The maximum Gasteiger partial charge on any atom is 0.153 e. The van der Waals surface area contributed by atoms with Crippen molar-refractivity contribution in [3.8, 4) is 0 Å². The van der Waals surface area contributed by atoms with E-state index in [1.54, 1.807) is 11.8 Å². The van der Waals surface area contributed by atoms with E-state index in [0.29, 0.717) is 6.54 Å². The molecule has 3 N–H and O–H groups in total. The van der Waals surface area contributed by atoms with Crippen LogP contribution in [0.2, 0.25) is 0 Å². The predicted molar refractivity (Wildman–Crippen MR) is 68.1 cm³/mol. The van der Waals surface area contributed by atoms with Gasteiger partial charge in [0.2, 0.25) is 0 Å². The number of oxime groups is 1. The molecule has 0 atom stereocenters. The average Bonchev–Trinajstić information content (AvgIpc) is 2.30. The van der Waals surface area contributed by atoms with Gasteiger partial charge in [0.05, 0.1) is 6.54 Å². The highest BCUT2D eigenvalue weighted by molar-refractivity contribution is 7.99. The first-order valence-corrected chi connectivity index (χ1v) is 6.03. The van der Waals surface area contributed by atoms with Crippen LogP contribution in [-0.2, 0) is 0 Å².